The van der Waals surface area contributed by atoms with Gasteiger partial charge in [-0.25, -0.2) is 4.79 Å². The maximum atomic E-state index is 11.8. The Bertz CT molecular complexity index is 265. The van der Waals surface area contributed by atoms with Gasteiger partial charge in [0.1, 0.15) is 5.60 Å². The first kappa shape index (κ1) is 15.2. The molecule has 0 bridgehead atoms. The molecule has 0 saturated carbocycles. The van der Waals surface area contributed by atoms with Crippen LogP contribution in [0.25, 0.3) is 0 Å². The van der Waals surface area contributed by atoms with E-state index in [0.717, 1.165) is 6.42 Å². The van der Waals surface area contributed by atoms with E-state index in [2.05, 4.69) is 5.48 Å². The topological polar surface area (TPSA) is 60.0 Å². The minimum absolute atomic E-state index is 0.161. The Hall–Kier alpha value is -0.850. The van der Waals surface area contributed by atoms with Gasteiger partial charge in [-0.3, -0.25) is 4.84 Å². The maximum Gasteiger partial charge on any atom is 0.410 e. The van der Waals surface area contributed by atoms with E-state index in [-0.39, 0.29) is 12.1 Å². The summed E-state index contributed by atoms with van der Waals surface area (Å²) in [6.07, 6.45) is 0.607. The molecule has 0 aromatic heterocycles. The van der Waals surface area contributed by atoms with Crippen molar-refractivity contribution in [2.24, 2.45) is 0 Å². The molecule has 106 valence electrons. The van der Waals surface area contributed by atoms with E-state index < -0.39 is 5.60 Å². The van der Waals surface area contributed by atoms with Crippen LogP contribution in [0.4, 0.5) is 4.79 Å². The van der Waals surface area contributed by atoms with Gasteiger partial charge in [-0.15, -0.1) is 0 Å². The number of nitrogens with zero attached hydrogens (tertiary/aromatic N) is 1. The highest BCUT2D eigenvalue weighted by Crippen LogP contribution is 2.15. The Labute approximate surface area is 109 Å². The fourth-order valence-electron chi connectivity index (χ4n) is 1.65. The van der Waals surface area contributed by atoms with Gasteiger partial charge in [0.2, 0.25) is 0 Å². The molecule has 6 heteroatoms. The predicted molar refractivity (Wildman–Crippen MR) is 67.2 cm³/mol. The monoisotopic (exact) mass is 260 g/mol. The Morgan fingerprint density at radius 1 is 1.39 bits per heavy atom. The molecule has 0 aromatic carbocycles. The number of nitrogens with one attached hydrogen (secondary N) is 1. The Kier molecular flexibility index (Phi) is 5.84. The SMILES string of the molecule is COCCONC1CCN(C(=O)OC(C)(C)C)C1. The summed E-state index contributed by atoms with van der Waals surface area (Å²) < 4.78 is 10.2. The molecule has 1 aliphatic heterocycles. The minimum Gasteiger partial charge on any atom is -0.444 e. The standard InChI is InChI=1S/C12H24N2O4/c1-12(2,3)18-11(15)14-6-5-10(9-14)13-17-8-7-16-4/h10,13H,5-9H2,1-4H3. The van der Waals surface area contributed by atoms with Gasteiger partial charge in [0.15, 0.2) is 0 Å². The molecular formula is C12H24N2O4. The minimum atomic E-state index is -0.447. The van der Waals surface area contributed by atoms with Crippen molar-refractivity contribution in [3.63, 3.8) is 0 Å². The number of carbonyl (C=O) groups is 1. The summed E-state index contributed by atoms with van der Waals surface area (Å²) in [6, 6.07) is 0.161. The molecule has 1 unspecified atom stereocenters. The fraction of sp³-hybridized carbons (Fsp3) is 0.917. The summed E-state index contributed by atoms with van der Waals surface area (Å²) in [5.41, 5.74) is 2.49. The highest BCUT2D eigenvalue weighted by molar-refractivity contribution is 5.68. The second-order valence-corrected chi connectivity index (χ2v) is 5.37. The van der Waals surface area contributed by atoms with Crippen LogP contribution in [0.5, 0.6) is 0 Å². The van der Waals surface area contributed by atoms with Crippen molar-refractivity contribution in [2.45, 2.75) is 38.8 Å². The molecule has 1 heterocycles. The molecule has 1 rings (SSSR count). The average Bonchev–Trinajstić information content (AvgIpc) is 2.71. The van der Waals surface area contributed by atoms with Crippen molar-refractivity contribution in [3.8, 4) is 0 Å². The fourth-order valence-corrected chi connectivity index (χ4v) is 1.65. The van der Waals surface area contributed by atoms with E-state index in [1.165, 1.54) is 0 Å². The lowest BCUT2D eigenvalue weighted by atomic mass is 10.2. The second-order valence-electron chi connectivity index (χ2n) is 5.37. The van der Waals surface area contributed by atoms with Crippen molar-refractivity contribution in [3.05, 3.63) is 0 Å². The second kappa shape index (κ2) is 6.92. The molecule has 1 N–H and O–H groups in total. The molecule has 18 heavy (non-hydrogen) atoms. The van der Waals surface area contributed by atoms with Crippen LogP contribution in [0.1, 0.15) is 27.2 Å². The number of methoxy groups -OCH3 is 1. The quantitative estimate of drug-likeness (QED) is 0.594. The first-order chi connectivity index (χ1) is 8.42. The van der Waals surface area contributed by atoms with Gasteiger partial charge in [0.05, 0.1) is 19.3 Å². The van der Waals surface area contributed by atoms with E-state index >= 15 is 0 Å². The Balaban J connectivity index is 2.22. The predicted octanol–water partition coefficient (Wildman–Crippen LogP) is 1.16. The van der Waals surface area contributed by atoms with E-state index in [1.807, 2.05) is 20.8 Å². The lowest BCUT2D eigenvalue weighted by molar-refractivity contribution is -0.0114. The normalized spacial score (nSPS) is 20.2. The van der Waals surface area contributed by atoms with Crippen molar-refractivity contribution in [1.82, 2.24) is 10.4 Å². The van der Waals surface area contributed by atoms with Gasteiger partial charge in [-0.05, 0) is 27.2 Å². The maximum absolute atomic E-state index is 11.8. The van der Waals surface area contributed by atoms with Crippen LogP contribution in [-0.2, 0) is 14.3 Å². The molecule has 0 aliphatic carbocycles. The molecule has 1 aliphatic rings. The van der Waals surface area contributed by atoms with E-state index in [1.54, 1.807) is 12.0 Å². The number of carbonyl (C=O) groups excluding carboxylic acids is 1. The smallest absolute Gasteiger partial charge is 0.410 e. The number of ether oxygens (including phenoxy) is 2. The third-order valence-corrected chi connectivity index (χ3v) is 2.48. The zero-order valence-electron chi connectivity index (χ0n) is 11.7. The number of rotatable bonds is 5. The number of amides is 1. The summed E-state index contributed by atoms with van der Waals surface area (Å²) in [6.45, 7) is 7.96. The molecular weight excluding hydrogens is 236 g/mol. The van der Waals surface area contributed by atoms with E-state index in [9.17, 15) is 4.79 Å². The number of hydrogen-bond donors (Lipinski definition) is 1. The summed E-state index contributed by atoms with van der Waals surface area (Å²) in [5.74, 6) is 0. The van der Waals surface area contributed by atoms with Crippen LogP contribution < -0.4 is 5.48 Å². The van der Waals surface area contributed by atoms with Crippen LogP contribution >= 0.6 is 0 Å². The average molecular weight is 260 g/mol. The van der Waals surface area contributed by atoms with E-state index in [0.29, 0.717) is 26.3 Å². The van der Waals surface area contributed by atoms with Crippen LogP contribution in [0, 0.1) is 0 Å². The third kappa shape index (κ3) is 5.66. The first-order valence-corrected chi connectivity index (χ1v) is 6.26. The van der Waals surface area contributed by atoms with Gasteiger partial charge >= 0.3 is 6.09 Å². The first-order valence-electron chi connectivity index (χ1n) is 6.26. The van der Waals surface area contributed by atoms with Gasteiger partial charge in [-0.2, -0.15) is 5.48 Å². The summed E-state index contributed by atoms with van der Waals surface area (Å²) in [4.78, 5) is 18.7. The van der Waals surface area contributed by atoms with Crippen LogP contribution in [0.3, 0.4) is 0 Å². The van der Waals surface area contributed by atoms with Crippen LogP contribution in [0.15, 0.2) is 0 Å². The number of hydroxylamine groups is 1. The Morgan fingerprint density at radius 3 is 2.72 bits per heavy atom. The molecule has 0 aromatic rings. The van der Waals surface area contributed by atoms with Crippen molar-refractivity contribution < 1.29 is 19.1 Å². The third-order valence-electron chi connectivity index (χ3n) is 2.48. The van der Waals surface area contributed by atoms with Crippen molar-refractivity contribution in [1.29, 1.82) is 0 Å². The molecule has 6 nitrogen and oxygen atoms in total. The zero-order valence-corrected chi connectivity index (χ0v) is 11.7. The molecule has 0 spiro atoms. The van der Waals surface area contributed by atoms with Crippen LogP contribution in [-0.4, -0.2) is 56.0 Å². The van der Waals surface area contributed by atoms with E-state index in [4.69, 9.17) is 14.3 Å². The molecule has 1 atom stereocenters. The van der Waals surface area contributed by atoms with Crippen LogP contribution in [0.2, 0.25) is 0 Å². The molecule has 1 fully saturated rings. The lowest BCUT2D eigenvalue weighted by Crippen LogP contribution is -2.38. The van der Waals surface area contributed by atoms with Gasteiger partial charge in [0, 0.05) is 20.2 Å². The molecule has 1 saturated heterocycles. The highest BCUT2D eigenvalue weighted by atomic mass is 16.7. The van der Waals surface area contributed by atoms with Gasteiger partial charge < -0.3 is 14.4 Å². The number of hydrogen-bond acceptors (Lipinski definition) is 5. The summed E-state index contributed by atoms with van der Waals surface area (Å²) >= 11 is 0. The highest BCUT2D eigenvalue weighted by Gasteiger charge is 2.29. The number of likely N-dealkylation sites (tertiary alicyclic amines) is 1. The van der Waals surface area contributed by atoms with Gasteiger partial charge in [-0.1, -0.05) is 0 Å². The zero-order chi connectivity index (χ0) is 13.6. The largest absolute Gasteiger partial charge is 0.444 e. The molecule has 1 amide bonds. The van der Waals surface area contributed by atoms with Gasteiger partial charge in [0.25, 0.3) is 0 Å². The molecule has 0 radical (unpaired) electrons. The Morgan fingerprint density at radius 2 is 2.11 bits per heavy atom. The summed E-state index contributed by atoms with van der Waals surface area (Å²) in [7, 11) is 1.63. The lowest BCUT2D eigenvalue weighted by Gasteiger charge is -2.24. The summed E-state index contributed by atoms with van der Waals surface area (Å²) in [5, 5.41) is 0. The van der Waals surface area contributed by atoms with Crippen molar-refractivity contribution in [2.75, 3.05) is 33.4 Å². The van der Waals surface area contributed by atoms with Crippen molar-refractivity contribution >= 4 is 6.09 Å².